The number of aromatic nitrogens is 3. The number of ether oxygens (including phenoxy) is 2. The number of halogens is 1. The van der Waals surface area contributed by atoms with E-state index < -0.39 is 47.6 Å². The van der Waals surface area contributed by atoms with E-state index in [2.05, 4.69) is 41.0 Å². The molecule has 0 bridgehead atoms. The number of carbonyl (C=O) groups is 2. The SMILES string of the molecule is CC(C)(C)OC(=O)N1C[C@H](CF)C[C@H](N(C(=O)OC(C)(C)C)c2ncnc3c2ccn3C(c2ccccc2)(c2ccccc2)c2ccccc2)C1. The fourth-order valence-corrected chi connectivity index (χ4v) is 7.02. The van der Waals surface area contributed by atoms with Crippen LogP contribution in [-0.2, 0) is 15.0 Å². The van der Waals surface area contributed by atoms with Gasteiger partial charge < -0.3 is 18.9 Å². The summed E-state index contributed by atoms with van der Waals surface area (Å²) in [5.74, 6) is -0.213. The van der Waals surface area contributed by atoms with Gasteiger partial charge in [-0.3, -0.25) is 9.29 Å². The summed E-state index contributed by atoms with van der Waals surface area (Å²) in [6.07, 6.45) is 2.50. The topological polar surface area (TPSA) is 89.8 Å². The zero-order valence-corrected chi connectivity index (χ0v) is 30.1. The predicted molar refractivity (Wildman–Crippen MR) is 197 cm³/mol. The molecule has 1 fully saturated rings. The van der Waals surface area contributed by atoms with Crippen LogP contribution in [0.25, 0.3) is 11.0 Å². The van der Waals surface area contributed by atoms with Crippen molar-refractivity contribution in [1.29, 1.82) is 0 Å². The van der Waals surface area contributed by atoms with E-state index in [1.807, 2.05) is 66.9 Å². The molecule has 3 heterocycles. The van der Waals surface area contributed by atoms with Gasteiger partial charge in [-0.05, 0) is 70.7 Å². The highest BCUT2D eigenvalue weighted by molar-refractivity contribution is 5.98. The number of hydrogen-bond donors (Lipinski definition) is 0. The lowest BCUT2D eigenvalue weighted by Gasteiger charge is -2.42. The molecule has 0 spiro atoms. The number of benzene rings is 3. The Morgan fingerprint density at radius 1 is 0.765 bits per heavy atom. The number of nitrogens with zero attached hydrogens (tertiary/aromatic N) is 5. The first-order chi connectivity index (χ1) is 24.3. The smallest absolute Gasteiger partial charge is 0.416 e. The summed E-state index contributed by atoms with van der Waals surface area (Å²) < 4.78 is 28.3. The van der Waals surface area contributed by atoms with Crippen LogP contribution in [-0.4, -0.2) is 68.6 Å². The van der Waals surface area contributed by atoms with Crippen LogP contribution in [0.1, 0.15) is 64.7 Å². The van der Waals surface area contributed by atoms with Crippen molar-refractivity contribution in [3.63, 3.8) is 0 Å². The number of fused-ring (bicyclic) bond motifs is 1. The maximum Gasteiger partial charge on any atom is 0.416 e. The molecule has 0 radical (unpaired) electrons. The average molecular weight is 692 g/mol. The predicted octanol–water partition coefficient (Wildman–Crippen LogP) is 8.61. The summed E-state index contributed by atoms with van der Waals surface area (Å²) in [5.41, 5.74) is 1.15. The van der Waals surface area contributed by atoms with E-state index in [-0.39, 0.29) is 13.1 Å². The second-order valence-corrected chi connectivity index (χ2v) is 15.1. The molecule has 1 aliphatic heterocycles. The molecule has 1 aliphatic rings. The highest BCUT2D eigenvalue weighted by Gasteiger charge is 2.42. The summed E-state index contributed by atoms with van der Waals surface area (Å²) in [5, 5.41) is 0.599. The first-order valence-electron chi connectivity index (χ1n) is 17.4. The quantitative estimate of drug-likeness (QED) is 0.159. The molecule has 51 heavy (non-hydrogen) atoms. The molecule has 2 amide bonds. The second kappa shape index (κ2) is 14.2. The van der Waals surface area contributed by atoms with Gasteiger partial charge in [-0.25, -0.2) is 19.6 Å². The van der Waals surface area contributed by atoms with Crippen LogP contribution in [0, 0.1) is 5.92 Å². The van der Waals surface area contributed by atoms with Crippen molar-refractivity contribution < 1.29 is 23.5 Å². The third-order valence-electron chi connectivity index (χ3n) is 8.96. The molecule has 10 heteroatoms. The minimum absolute atomic E-state index is 0.110. The van der Waals surface area contributed by atoms with Gasteiger partial charge in [0.1, 0.15) is 28.7 Å². The van der Waals surface area contributed by atoms with E-state index in [0.717, 1.165) is 16.7 Å². The fraction of sp³-hybridized carbons (Fsp3) is 0.366. The van der Waals surface area contributed by atoms with Crippen LogP contribution in [0.15, 0.2) is 110 Å². The number of anilines is 1. The van der Waals surface area contributed by atoms with Crippen LogP contribution >= 0.6 is 0 Å². The minimum atomic E-state index is -0.869. The Bertz CT molecular complexity index is 1860. The van der Waals surface area contributed by atoms with E-state index in [9.17, 15) is 14.0 Å². The van der Waals surface area contributed by atoms with Crippen LogP contribution in [0.4, 0.5) is 19.8 Å². The Labute approximate surface area is 299 Å². The van der Waals surface area contributed by atoms with Crippen LogP contribution in [0.5, 0.6) is 0 Å². The lowest BCUT2D eigenvalue weighted by Crippen LogP contribution is -2.56. The van der Waals surface area contributed by atoms with E-state index >= 15 is 0 Å². The van der Waals surface area contributed by atoms with Gasteiger partial charge in [-0.15, -0.1) is 0 Å². The summed E-state index contributed by atoms with van der Waals surface area (Å²) in [6, 6.07) is 32.0. The molecule has 0 N–H and O–H groups in total. The number of likely N-dealkylation sites (tertiary alicyclic amines) is 1. The van der Waals surface area contributed by atoms with Crippen molar-refractivity contribution in [3.05, 3.63) is 126 Å². The molecule has 2 atom stereocenters. The molecular formula is C41H46FN5O4. The molecule has 6 rings (SSSR count). The van der Waals surface area contributed by atoms with Crippen molar-refractivity contribution in [2.45, 2.75) is 70.7 Å². The highest BCUT2D eigenvalue weighted by Crippen LogP contribution is 2.44. The molecule has 0 saturated carbocycles. The lowest BCUT2D eigenvalue weighted by molar-refractivity contribution is 0.0110. The van der Waals surface area contributed by atoms with Gasteiger partial charge >= 0.3 is 12.2 Å². The van der Waals surface area contributed by atoms with Gasteiger partial charge in [0.25, 0.3) is 0 Å². The summed E-state index contributed by atoms with van der Waals surface area (Å²) in [6.45, 7) is 10.4. The largest absolute Gasteiger partial charge is 0.444 e. The standard InChI is InChI=1S/C41H46FN5O4/c1-39(2,3)50-37(48)45-26-29(25-42)24-33(27-45)47(38(49)51-40(4,5)6)36-34-22-23-46(35(34)43-28-44-36)41(30-16-10-7-11-17-30,31-18-12-8-13-19-31)32-20-14-9-15-21-32/h7-23,28-29,33H,24-27H2,1-6H3/t29-,33-/m0/s1. The van der Waals surface area contributed by atoms with Gasteiger partial charge in [0.05, 0.1) is 18.1 Å². The number of carbonyl (C=O) groups excluding carboxylic acids is 2. The van der Waals surface area contributed by atoms with E-state index in [1.54, 1.807) is 41.5 Å². The summed E-state index contributed by atoms with van der Waals surface area (Å²) in [7, 11) is 0. The number of amides is 2. The third kappa shape index (κ3) is 7.31. The number of hydrogen-bond acceptors (Lipinski definition) is 6. The maximum absolute atomic E-state index is 14.5. The molecular weight excluding hydrogens is 645 g/mol. The second-order valence-electron chi connectivity index (χ2n) is 15.1. The zero-order valence-electron chi connectivity index (χ0n) is 30.1. The molecule has 2 aromatic heterocycles. The van der Waals surface area contributed by atoms with Gasteiger partial charge in [-0.1, -0.05) is 91.0 Å². The monoisotopic (exact) mass is 691 g/mol. The number of piperidine rings is 1. The molecule has 0 unspecified atom stereocenters. The normalized spacial score (nSPS) is 16.9. The summed E-state index contributed by atoms with van der Waals surface area (Å²) in [4.78, 5) is 40.1. The Morgan fingerprint density at radius 2 is 1.29 bits per heavy atom. The minimum Gasteiger partial charge on any atom is -0.444 e. The summed E-state index contributed by atoms with van der Waals surface area (Å²) >= 11 is 0. The molecule has 9 nitrogen and oxygen atoms in total. The van der Waals surface area contributed by atoms with Crippen LogP contribution in [0.2, 0.25) is 0 Å². The van der Waals surface area contributed by atoms with Crippen molar-refractivity contribution in [1.82, 2.24) is 19.4 Å². The van der Waals surface area contributed by atoms with Crippen molar-refractivity contribution in [2.75, 3.05) is 24.7 Å². The molecule has 5 aromatic rings. The molecule has 3 aromatic carbocycles. The van der Waals surface area contributed by atoms with Crippen LogP contribution < -0.4 is 4.90 Å². The first kappa shape index (κ1) is 35.6. The van der Waals surface area contributed by atoms with E-state index in [1.165, 1.54) is 16.1 Å². The Balaban J connectivity index is 1.56. The Kier molecular flexibility index (Phi) is 9.88. The van der Waals surface area contributed by atoms with Gasteiger partial charge in [0, 0.05) is 25.2 Å². The molecule has 266 valence electrons. The number of rotatable bonds is 7. The van der Waals surface area contributed by atoms with Crippen molar-refractivity contribution in [2.24, 2.45) is 5.92 Å². The maximum atomic E-state index is 14.5. The lowest BCUT2D eigenvalue weighted by atomic mass is 9.76. The average Bonchev–Trinajstić information content (AvgIpc) is 3.54. The van der Waals surface area contributed by atoms with Crippen molar-refractivity contribution in [3.8, 4) is 0 Å². The Hall–Kier alpha value is -5.25. The fourth-order valence-electron chi connectivity index (χ4n) is 7.02. The van der Waals surface area contributed by atoms with Gasteiger partial charge in [-0.2, -0.15) is 0 Å². The zero-order chi connectivity index (χ0) is 36.4. The van der Waals surface area contributed by atoms with E-state index in [0.29, 0.717) is 23.3 Å². The third-order valence-corrected chi connectivity index (χ3v) is 8.96. The van der Waals surface area contributed by atoms with Gasteiger partial charge in [0.15, 0.2) is 5.82 Å². The number of alkyl halides is 1. The van der Waals surface area contributed by atoms with Crippen molar-refractivity contribution >= 4 is 29.0 Å². The first-order valence-corrected chi connectivity index (χ1v) is 17.4. The van der Waals surface area contributed by atoms with Crippen LogP contribution in [0.3, 0.4) is 0 Å². The van der Waals surface area contributed by atoms with E-state index in [4.69, 9.17) is 19.4 Å². The molecule has 1 saturated heterocycles. The Morgan fingerprint density at radius 3 is 1.78 bits per heavy atom. The molecule has 0 aliphatic carbocycles. The van der Waals surface area contributed by atoms with Gasteiger partial charge in [0.2, 0.25) is 0 Å². The highest BCUT2D eigenvalue weighted by atomic mass is 19.1.